The lowest BCUT2D eigenvalue weighted by Gasteiger charge is -2.34. The van der Waals surface area contributed by atoms with E-state index in [-0.39, 0.29) is 6.04 Å². The normalized spacial score (nSPS) is 18.1. The highest BCUT2D eigenvalue weighted by Crippen LogP contribution is 2.32. The van der Waals surface area contributed by atoms with Crippen molar-refractivity contribution in [3.63, 3.8) is 0 Å². The molecule has 0 unspecified atom stereocenters. The number of ether oxygens (including phenoxy) is 1. The molecule has 1 N–H and O–H groups in total. The topological polar surface area (TPSA) is 71.9 Å². The predicted octanol–water partition coefficient (Wildman–Crippen LogP) is 2.74. The van der Waals surface area contributed by atoms with Crippen LogP contribution in [0.5, 0.6) is 0 Å². The van der Waals surface area contributed by atoms with Crippen LogP contribution in [0.2, 0.25) is 0 Å². The first-order chi connectivity index (χ1) is 12.7. The Kier molecular flexibility index (Phi) is 3.43. The van der Waals surface area contributed by atoms with E-state index >= 15 is 0 Å². The van der Waals surface area contributed by atoms with Crippen LogP contribution in [0.25, 0.3) is 33.5 Å². The largest absolute Gasteiger partial charge is 0.377 e. The van der Waals surface area contributed by atoms with Crippen molar-refractivity contribution in [2.45, 2.75) is 13.0 Å². The summed E-state index contributed by atoms with van der Waals surface area (Å²) in [6.07, 6.45) is 5.73. The Morgan fingerprint density at radius 2 is 2.12 bits per heavy atom. The molecule has 0 amide bonds. The van der Waals surface area contributed by atoms with E-state index in [9.17, 15) is 0 Å². The van der Waals surface area contributed by atoms with Crippen LogP contribution < -0.4 is 4.90 Å². The molecule has 5 heterocycles. The van der Waals surface area contributed by atoms with Gasteiger partial charge in [-0.3, -0.25) is 0 Å². The first kappa shape index (κ1) is 15.3. The van der Waals surface area contributed by atoms with E-state index in [1.165, 1.54) is 0 Å². The Morgan fingerprint density at radius 1 is 1.19 bits per heavy atom. The van der Waals surface area contributed by atoms with Gasteiger partial charge in [0.25, 0.3) is 0 Å². The van der Waals surface area contributed by atoms with Crippen molar-refractivity contribution in [3.05, 3.63) is 36.8 Å². The van der Waals surface area contributed by atoms with Gasteiger partial charge in [-0.2, -0.15) is 0 Å². The zero-order chi connectivity index (χ0) is 17.7. The molecule has 0 aliphatic carbocycles. The molecule has 5 rings (SSSR count). The number of aromatic amines is 1. The number of hydrogen-bond donors (Lipinski definition) is 1. The molecule has 1 fully saturated rings. The zero-order valence-electron chi connectivity index (χ0n) is 14.8. The molecular formula is C19H20N6O. The quantitative estimate of drug-likeness (QED) is 0.603. The van der Waals surface area contributed by atoms with Crippen molar-refractivity contribution in [1.29, 1.82) is 0 Å². The Bertz CT molecular complexity index is 1100. The van der Waals surface area contributed by atoms with Crippen molar-refractivity contribution < 1.29 is 4.74 Å². The maximum Gasteiger partial charge on any atom is 0.164 e. The van der Waals surface area contributed by atoms with Gasteiger partial charge in [-0.25, -0.2) is 15.0 Å². The molecule has 0 saturated carbocycles. The molecule has 1 saturated heterocycles. The van der Waals surface area contributed by atoms with Gasteiger partial charge in [0, 0.05) is 43.1 Å². The van der Waals surface area contributed by atoms with Crippen molar-refractivity contribution in [3.8, 4) is 11.4 Å². The van der Waals surface area contributed by atoms with Crippen molar-refractivity contribution in [1.82, 2.24) is 24.5 Å². The van der Waals surface area contributed by atoms with Crippen LogP contribution in [0.15, 0.2) is 36.8 Å². The van der Waals surface area contributed by atoms with E-state index in [1.807, 2.05) is 36.1 Å². The summed E-state index contributed by atoms with van der Waals surface area (Å²) in [5.74, 6) is 1.70. The van der Waals surface area contributed by atoms with Crippen LogP contribution in [0.4, 0.5) is 5.82 Å². The van der Waals surface area contributed by atoms with Gasteiger partial charge >= 0.3 is 0 Å². The lowest BCUT2D eigenvalue weighted by molar-refractivity contribution is 0.0987. The Hall–Kier alpha value is -2.93. The first-order valence-electron chi connectivity index (χ1n) is 8.82. The molecule has 1 aliphatic heterocycles. The summed E-state index contributed by atoms with van der Waals surface area (Å²) in [6.45, 7) is 4.43. The minimum absolute atomic E-state index is 0.277. The molecule has 1 atom stereocenters. The first-order valence-corrected chi connectivity index (χ1v) is 8.82. The van der Waals surface area contributed by atoms with E-state index in [4.69, 9.17) is 14.7 Å². The summed E-state index contributed by atoms with van der Waals surface area (Å²) in [6, 6.07) is 6.37. The molecule has 0 bridgehead atoms. The summed E-state index contributed by atoms with van der Waals surface area (Å²) >= 11 is 0. The van der Waals surface area contributed by atoms with Crippen LogP contribution in [-0.4, -0.2) is 50.3 Å². The summed E-state index contributed by atoms with van der Waals surface area (Å²) in [5, 5.41) is 2.10. The molecule has 132 valence electrons. The number of anilines is 1. The van der Waals surface area contributed by atoms with E-state index in [1.54, 1.807) is 6.20 Å². The molecule has 4 aromatic rings. The molecular weight excluding hydrogens is 328 g/mol. The number of pyridine rings is 1. The number of aromatic nitrogens is 5. The number of morpholine rings is 1. The number of rotatable bonds is 2. The molecule has 0 aromatic carbocycles. The SMILES string of the molecule is C[C@@H]1COCCN1c1nc(-c2ccnc3[nH]ccc23)nc2c1ccn2C. The van der Waals surface area contributed by atoms with Crippen LogP contribution in [0.1, 0.15) is 6.92 Å². The number of H-pyrrole nitrogens is 1. The van der Waals surface area contributed by atoms with Gasteiger partial charge in [0.1, 0.15) is 17.1 Å². The third-order valence-electron chi connectivity index (χ3n) is 5.05. The van der Waals surface area contributed by atoms with E-state index in [0.29, 0.717) is 6.61 Å². The molecule has 4 aromatic heterocycles. The Morgan fingerprint density at radius 3 is 3.00 bits per heavy atom. The summed E-state index contributed by atoms with van der Waals surface area (Å²) in [5.41, 5.74) is 2.77. The van der Waals surface area contributed by atoms with E-state index < -0.39 is 0 Å². The van der Waals surface area contributed by atoms with Gasteiger partial charge in [-0.15, -0.1) is 0 Å². The van der Waals surface area contributed by atoms with Crippen LogP contribution in [0, 0.1) is 0 Å². The second kappa shape index (κ2) is 5.81. The summed E-state index contributed by atoms with van der Waals surface area (Å²) in [4.78, 5) is 19.7. The minimum Gasteiger partial charge on any atom is -0.377 e. The monoisotopic (exact) mass is 348 g/mol. The fourth-order valence-electron chi connectivity index (χ4n) is 3.66. The van der Waals surface area contributed by atoms with Gasteiger partial charge in [0.15, 0.2) is 5.82 Å². The highest BCUT2D eigenvalue weighted by Gasteiger charge is 2.24. The second-order valence-electron chi connectivity index (χ2n) is 6.75. The minimum atomic E-state index is 0.277. The van der Waals surface area contributed by atoms with Crippen molar-refractivity contribution >= 4 is 27.9 Å². The second-order valence-corrected chi connectivity index (χ2v) is 6.75. The number of aryl methyl sites for hydroxylation is 1. The summed E-state index contributed by atoms with van der Waals surface area (Å²) in [7, 11) is 2.02. The predicted molar refractivity (Wildman–Crippen MR) is 101 cm³/mol. The van der Waals surface area contributed by atoms with Gasteiger partial charge in [0.05, 0.1) is 24.6 Å². The lowest BCUT2D eigenvalue weighted by atomic mass is 10.1. The molecule has 0 radical (unpaired) electrons. The average molecular weight is 348 g/mol. The third kappa shape index (κ3) is 2.28. The standard InChI is InChI=1S/C19H20N6O/c1-12-11-26-10-9-25(12)19-15-5-8-24(2)18(15)22-17(23-19)14-4-7-21-16-13(14)3-6-20-16/h3-8,12H,9-11H2,1-2H3,(H,20,21)/t12-/m1/s1. The Labute approximate surface area is 150 Å². The van der Waals surface area contributed by atoms with Crippen LogP contribution in [-0.2, 0) is 11.8 Å². The van der Waals surface area contributed by atoms with Gasteiger partial charge in [-0.1, -0.05) is 0 Å². The number of nitrogens with one attached hydrogen (secondary N) is 1. The molecule has 1 aliphatic rings. The highest BCUT2D eigenvalue weighted by molar-refractivity contribution is 5.94. The van der Waals surface area contributed by atoms with E-state index in [0.717, 1.165) is 52.4 Å². The maximum atomic E-state index is 5.61. The van der Waals surface area contributed by atoms with Crippen LogP contribution >= 0.6 is 0 Å². The molecule has 26 heavy (non-hydrogen) atoms. The van der Waals surface area contributed by atoms with E-state index in [2.05, 4.69) is 27.9 Å². The number of fused-ring (bicyclic) bond motifs is 2. The Balaban J connectivity index is 1.76. The fraction of sp³-hybridized carbons (Fsp3) is 0.316. The number of hydrogen-bond acceptors (Lipinski definition) is 5. The van der Waals surface area contributed by atoms with Crippen molar-refractivity contribution in [2.75, 3.05) is 24.7 Å². The third-order valence-corrected chi connectivity index (χ3v) is 5.05. The van der Waals surface area contributed by atoms with Crippen LogP contribution in [0.3, 0.4) is 0 Å². The average Bonchev–Trinajstić information content (AvgIpc) is 3.28. The van der Waals surface area contributed by atoms with Gasteiger partial charge in [-0.05, 0) is 25.1 Å². The highest BCUT2D eigenvalue weighted by atomic mass is 16.5. The maximum absolute atomic E-state index is 5.61. The fourth-order valence-corrected chi connectivity index (χ4v) is 3.66. The lowest BCUT2D eigenvalue weighted by Crippen LogP contribution is -2.44. The van der Waals surface area contributed by atoms with Gasteiger partial charge in [0.2, 0.25) is 0 Å². The van der Waals surface area contributed by atoms with Crippen molar-refractivity contribution in [2.24, 2.45) is 7.05 Å². The number of nitrogens with zero attached hydrogens (tertiary/aromatic N) is 5. The summed E-state index contributed by atoms with van der Waals surface area (Å²) < 4.78 is 7.66. The van der Waals surface area contributed by atoms with Gasteiger partial charge < -0.3 is 19.2 Å². The molecule has 7 heteroatoms. The molecule has 7 nitrogen and oxygen atoms in total. The smallest absolute Gasteiger partial charge is 0.164 e. The zero-order valence-corrected chi connectivity index (χ0v) is 14.8. The molecule has 0 spiro atoms.